The van der Waals surface area contributed by atoms with Crippen LogP contribution in [0.3, 0.4) is 0 Å². The number of ether oxygens (including phenoxy) is 2. The second-order valence-corrected chi connectivity index (χ2v) is 5.24. The Labute approximate surface area is 128 Å². The maximum absolute atomic E-state index is 5.95. The molecular formula is C16H26ClNO2. The van der Waals surface area contributed by atoms with Crippen molar-refractivity contribution in [2.75, 3.05) is 26.8 Å². The first-order chi connectivity index (χ1) is 9.33. The molecule has 0 aliphatic carbocycles. The van der Waals surface area contributed by atoms with Gasteiger partial charge in [-0.1, -0.05) is 19.4 Å². The van der Waals surface area contributed by atoms with Crippen molar-refractivity contribution in [3.05, 3.63) is 23.8 Å². The Balaban J connectivity index is 0.00000200. The molecule has 3 nitrogen and oxygen atoms in total. The maximum Gasteiger partial charge on any atom is 0.161 e. The first-order valence-electron chi connectivity index (χ1n) is 7.34. The average molecular weight is 300 g/mol. The van der Waals surface area contributed by atoms with Gasteiger partial charge >= 0.3 is 0 Å². The Morgan fingerprint density at radius 1 is 1.20 bits per heavy atom. The highest BCUT2D eigenvalue weighted by atomic mass is 35.5. The van der Waals surface area contributed by atoms with Crippen molar-refractivity contribution in [2.45, 2.75) is 32.6 Å². The molecule has 0 bridgehead atoms. The molecule has 1 heterocycles. The molecule has 1 aromatic carbocycles. The fraction of sp³-hybridized carbons (Fsp3) is 0.625. The zero-order valence-electron chi connectivity index (χ0n) is 12.5. The third-order valence-corrected chi connectivity index (χ3v) is 3.70. The number of methoxy groups -OCH3 is 1. The summed E-state index contributed by atoms with van der Waals surface area (Å²) in [5, 5.41) is 3.38. The van der Waals surface area contributed by atoms with Gasteiger partial charge in [0.05, 0.1) is 13.7 Å². The fourth-order valence-electron chi connectivity index (χ4n) is 2.53. The Morgan fingerprint density at radius 2 is 1.95 bits per heavy atom. The van der Waals surface area contributed by atoms with E-state index in [-0.39, 0.29) is 12.4 Å². The monoisotopic (exact) mass is 299 g/mol. The summed E-state index contributed by atoms with van der Waals surface area (Å²) in [7, 11) is 1.71. The summed E-state index contributed by atoms with van der Waals surface area (Å²) in [5.74, 6) is 2.40. The van der Waals surface area contributed by atoms with E-state index in [4.69, 9.17) is 9.47 Å². The van der Waals surface area contributed by atoms with Crippen LogP contribution in [0.1, 0.15) is 31.7 Å². The van der Waals surface area contributed by atoms with Crippen LogP contribution in [0, 0.1) is 5.92 Å². The van der Waals surface area contributed by atoms with E-state index in [2.05, 4.69) is 24.4 Å². The largest absolute Gasteiger partial charge is 0.493 e. The van der Waals surface area contributed by atoms with E-state index >= 15 is 0 Å². The van der Waals surface area contributed by atoms with Crippen LogP contribution in [0.25, 0.3) is 0 Å². The topological polar surface area (TPSA) is 30.5 Å². The molecule has 20 heavy (non-hydrogen) atoms. The van der Waals surface area contributed by atoms with Crippen molar-refractivity contribution in [2.24, 2.45) is 5.92 Å². The number of hydrogen-bond donors (Lipinski definition) is 1. The van der Waals surface area contributed by atoms with Crippen LogP contribution in [0.4, 0.5) is 0 Å². The van der Waals surface area contributed by atoms with Crippen LogP contribution < -0.4 is 14.8 Å². The predicted octanol–water partition coefficient (Wildman–Crippen LogP) is 3.45. The number of aryl methyl sites for hydroxylation is 1. The molecule has 1 N–H and O–H groups in total. The first-order valence-corrected chi connectivity index (χ1v) is 7.34. The Morgan fingerprint density at radius 3 is 2.60 bits per heavy atom. The van der Waals surface area contributed by atoms with Gasteiger partial charge in [-0.2, -0.15) is 0 Å². The first kappa shape index (κ1) is 17.1. The summed E-state index contributed by atoms with van der Waals surface area (Å²) in [6, 6.07) is 6.29. The number of rotatable bonds is 6. The zero-order chi connectivity index (χ0) is 13.5. The van der Waals surface area contributed by atoms with Gasteiger partial charge in [0.15, 0.2) is 11.5 Å². The lowest BCUT2D eigenvalue weighted by Gasteiger charge is -2.23. The molecule has 0 saturated carbocycles. The third kappa shape index (κ3) is 4.88. The lowest BCUT2D eigenvalue weighted by Crippen LogP contribution is -2.30. The molecule has 1 fully saturated rings. The molecular weight excluding hydrogens is 274 g/mol. The minimum absolute atomic E-state index is 0. The van der Waals surface area contributed by atoms with Crippen molar-refractivity contribution < 1.29 is 9.47 Å². The third-order valence-electron chi connectivity index (χ3n) is 3.70. The fourth-order valence-corrected chi connectivity index (χ4v) is 2.53. The molecule has 1 saturated heterocycles. The van der Waals surface area contributed by atoms with Crippen molar-refractivity contribution in [1.29, 1.82) is 0 Å². The van der Waals surface area contributed by atoms with E-state index in [1.807, 2.05) is 6.07 Å². The van der Waals surface area contributed by atoms with Gasteiger partial charge in [0, 0.05) is 0 Å². The van der Waals surface area contributed by atoms with E-state index < -0.39 is 0 Å². The second-order valence-electron chi connectivity index (χ2n) is 5.24. The molecule has 0 aromatic heterocycles. The van der Waals surface area contributed by atoms with Crippen LogP contribution in [0.15, 0.2) is 18.2 Å². The summed E-state index contributed by atoms with van der Waals surface area (Å²) < 4.78 is 11.4. The van der Waals surface area contributed by atoms with Gasteiger partial charge in [-0.3, -0.25) is 0 Å². The minimum Gasteiger partial charge on any atom is -0.493 e. The van der Waals surface area contributed by atoms with E-state index in [0.29, 0.717) is 5.92 Å². The van der Waals surface area contributed by atoms with Gasteiger partial charge < -0.3 is 14.8 Å². The van der Waals surface area contributed by atoms with Gasteiger partial charge in [0.1, 0.15) is 0 Å². The molecule has 0 spiro atoms. The Bertz CT molecular complexity index is 392. The summed E-state index contributed by atoms with van der Waals surface area (Å²) in [5.41, 5.74) is 1.31. The smallest absolute Gasteiger partial charge is 0.161 e. The summed E-state index contributed by atoms with van der Waals surface area (Å²) in [6.45, 7) is 5.21. The highest BCUT2D eigenvalue weighted by molar-refractivity contribution is 5.85. The second kappa shape index (κ2) is 9.09. The molecule has 1 aliphatic rings. The maximum atomic E-state index is 5.95. The van der Waals surface area contributed by atoms with Crippen molar-refractivity contribution in [3.8, 4) is 11.5 Å². The predicted molar refractivity (Wildman–Crippen MR) is 85.3 cm³/mol. The SMILES string of the molecule is CCCc1ccc(OCC2CCNCC2)c(OC)c1.Cl. The number of hydrogen-bond acceptors (Lipinski definition) is 3. The van der Waals surface area contributed by atoms with Crippen LogP contribution in [0.5, 0.6) is 11.5 Å². The van der Waals surface area contributed by atoms with E-state index in [0.717, 1.165) is 44.0 Å². The minimum atomic E-state index is 0. The molecule has 0 unspecified atom stereocenters. The summed E-state index contributed by atoms with van der Waals surface area (Å²) >= 11 is 0. The van der Waals surface area contributed by atoms with E-state index in [9.17, 15) is 0 Å². The van der Waals surface area contributed by atoms with Gasteiger partial charge in [-0.15, -0.1) is 12.4 Å². The van der Waals surface area contributed by atoms with Crippen molar-refractivity contribution in [3.63, 3.8) is 0 Å². The number of benzene rings is 1. The molecule has 0 amide bonds. The van der Waals surface area contributed by atoms with Gasteiger partial charge in [0.2, 0.25) is 0 Å². The molecule has 1 aliphatic heterocycles. The van der Waals surface area contributed by atoms with E-state index in [1.54, 1.807) is 7.11 Å². The zero-order valence-corrected chi connectivity index (χ0v) is 13.3. The van der Waals surface area contributed by atoms with Crippen molar-refractivity contribution >= 4 is 12.4 Å². The number of halogens is 1. The van der Waals surface area contributed by atoms with Crippen LogP contribution in [-0.4, -0.2) is 26.8 Å². The average Bonchev–Trinajstić information content (AvgIpc) is 2.47. The van der Waals surface area contributed by atoms with Crippen LogP contribution in [0.2, 0.25) is 0 Å². The standard InChI is InChI=1S/C16H25NO2.ClH/c1-3-4-13-5-6-15(16(11-13)18-2)19-12-14-7-9-17-10-8-14;/h5-6,11,14,17H,3-4,7-10,12H2,1-2H3;1H. The Kier molecular flexibility index (Phi) is 7.78. The van der Waals surface area contributed by atoms with Gasteiger partial charge in [0.25, 0.3) is 0 Å². The van der Waals surface area contributed by atoms with Gasteiger partial charge in [-0.05, 0) is 56.0 Å². The van der Waals surface area contributed by atoms with E-state index in [1.165, 1.54) is 18.4 Å². The number of nitrogens with one attached hydrogen (secondary N) is 1. The molecule has 4 heteroatoms. The summed E-state index contributed by atoms with van der Waals surface area (Å²) in [6.07, 6.45) is 4.65. The normalized spacial score (nSPS) is 15.5. The molecule has 114 valence electrons. The summed E-state index contributed by atoms with van der Waals surface area (Å²) in [4.78, 5) is 0. The van der Waals surface area contributed by atoms with Crippen LogP contribution >= 0.6 is 12.4 Å². The van der Waals surface area contributed by atoms with Crippen LogP contribution in [-0.2, 0) is 6.42 Å². The quantitative estimate of drug-likeness (QED) is 0.873. The molecule has 0 radical (unpaired) electrons. The highest BCUT2D eigenvalue weighted by Crippen LogP contribution is 2.29. The lowest BCUT2D eigenvalue weighted by molar-refractivity contribution is 0.208. The molecule has 0 atom stereocenters. The molecule has 1 aromatic rings. The van der Waals surface area contributed by atoms with Crippen molar-refractivity contribution in [1.82, 2.24) is 5.32 Å². The lowest BCUT2D eigenvalue weighted by atomic mass is 9.99. The van der Waals surface area contributed by atoms with Gasteiger partial charge in [-0.25, -0.2) is 0 Å². The molecule has 2 rings (SSSR count). The number of piperidine rings is 1. The highest BCUT2D eigenvalue weighted by Gasteiger charge is 2.14. The Hall–Kier alpha value is -0.930.